The van der Waals surface area contributed by atoms with Crippen LogP contribution >= 0.6 is 0 Å². The number of ketones is 2. The molecule has 1 aliphatic carbocycles. The predicted molar refractivity (Wildman–Crippen MR) is 151 cm³/mol. The summed E-state index contributed by atoms with van der Waals surface area (Å²) in [5, 5.41) is 2.79. The molecule has 0 unspecified atom stereocenters. The third-order valence-corrected chi connectivity index (χ3v) is 6.96. The maximum Gasteiger partial charge on any atom is 0.342 e. The lowest BCUT2D eigenvalue weighted by Crippen LogP contribution is -2.26. The average Bonchev–Trinajstić information content (AvgIpc) is 3.00. The summed E-state index contributed by atoms with van der Waals surface area (Å²) in [6.07, 6.45) is 0. The second-order valence-electron chi connectivity index (χ2n) is 9.49. The van der Waals surface area contributed by atoms with Crippen molar-refractivity contribution in [3.63, 3.8) is 0 Å². The van der Waals surface area contributed by atoms with Gasteiger partial charge < -0.3 is 14.5 Å². The van der Waals surface area contributed by atoms with Gasteiger partial charge in [0.25, 0.3) is 5.91 Å². The van der Waals surface area contributed by atoms with Crippen LogP contribution in [0.15, 0.2) is 100 Å². The van der Waals surface area contributed by atoms with Crippen LogP contribution in [-0.4, -0.2) is 30.0 Å². The molecule has 1 N–H and O–H groups in total. The Labute approximate surface area is 233 Å². The molecular weight excluding hydrogens is 522 g/mol. The Kier molecular flexibility index (Phi) is 6.35. The summed E-state index contributed by atoms with van der Waals surface area (Å²) in [6.45, 7) is 0.974. The molecule has 8 nitrogen and oxygen atoms in total. The van der Waals surface area contributed by atoms with E-state index in [0.29, 0.717) is 22.5 Å². The summed E-state index contributed by atoms with van der Waals surface area (Å²) in [6, 6.07) is 24.7. The first-order valence-electron chi connectivity index (χ1n) is 12.8. The number of hydrogen-bond acceptors (Lipinski definition) is 7. The molecular formula is C33H21NO7. The molecule has 5 aromatic rings. The highest BCUT2D eigenvalue weighted by molar-refractivity contribution is 6.30. The predicted octanol–water partition coefficient (Wildman–Crippen LogP) is 5.34. The lowest BCUT2D eigenvalue weighted by Gasteiger charge is -2.20. The number of anilines is 1. The number of benzene rings is 4. The van der Waals surface area contributed by atoms with Gasteiger partial charge in [0.2, 0.25) is 0 Å². The van der Waals surface area contributed by atoms with E-state index in [4.69, 9.17) is 9.15 Å². The minimum atomic E-state index is -0.868. The number of hydrogen-bond donors (Lipinski definition) is 1. The standard InChI is InChI=1S/C33H21NO7/c1-18-28(36)23-14-7-15-24(32(23)41-31(18)19-9-3-2-4-10-19)33(39)40-17-26(35)34-25-16-8-13-22-27(25)30(38)21-12-6-5-11-20(21)29(22)37/h2-16H,17H2,1H3,(H,34,35). The second kappa shape index (κ2) is 10.2. The minimum absolute atomic E-state index is 0.0148. The maximum atomic E-state index is 13.2. The Morgan fingerprint density at radius 3 is 2.17 bits per heavy atom. The van der Waals surface area contributed by atoms with Crippen molar-refractivity contribution in [1.29, 1.82) is 0 Å². The summed E-state index contributed by atoms with van der Waals surface area (Å²) in [5.41, 5.74) is 1.77. The van der Waals surface area contributed by atoms with E-state index in [1.807, 2.05) is 18.2 Å². The van der Waals surface area contributed by atoms with Crippen molar-refractivity contribution in [2.45, 2.75) is 6.92 Å². The van der Waals surface area contributed by atoms with E-state index in [-0.39, 0.29) is 50.1 Å². The van der Waals surface area contributed by atoms with Crippen molar-refractivity contribution in [3.05, 3.63) is 135 Å². The highest BCUT2D eigenvalue weighted by Gasteiger charge is 2.31. The number of ether oxygens (including phenoxy) is 1. The van der Waals surface area contributed by atoms with E-state index in [2.05, 4.69) is 5.32 Å². The fraction of sp³-hybridized carbons (Fsp3) is 0.0606. The number of nitrogens with one attached hydrogen (secondary N) is 1. The molecule has 8 heteroatoms. The fourth-order valence-electron chi connectivity index (χ4n) is 4.98. The molecule has 0 spiro atoms. The highest BCUT2D eigenvalue weighted by atomic mass is 16.5. The molecule has 4 aromatic carbocycles. The van der Waals surface area contributed by atoms with Gasteiger partial charge in [0.1, 0.15) is 11.3 Å². The van der Waals surface area contributed by atoms with Crippen molar-refractivity contribution >= 4 is 40.1 Å². The molecule has 1 aliphatic rings. The monoisotopic (exact) mass is 543 g/mol. The Bertz CT molecular complexity index is 1970. The van der Waals surface area contributed by atoms with Gasteiger partial charge in [0.15, 0.2) is 29.2 Å². The third kappa shape index (κ3) is 4.41. The number of esters is 1. The van der Waals surface area contributed by atoms with Crippen LogP contribution in [0.4, 0.5) is 5.69 Å². The smallest absolute Gasteiger partial charge is 0.342 e. The Morgan fingerprint density at radius 2 is 1.41 bits per heavy atom. The lowest BCUT2D eigenvalue weighted by molar-refractivity contribution is -0.119. The van der Waals surface area contributed by atoms with E-state index < -0.39 is 24.3 Å². The van der Waals surface area contributed by atoms with Crippen LogP contribution in [0.2, 0.25) is 0 Å². The van der Waals surface area contributed by atoms with E-state index in [1.54, 1.807) is 55.5 Å². The first kappa shape index (κ1) is 25.6. The summed E-state index contributed by atoms with van der Waals surface area (Å²) in [4.78, 5) is 65.1. The van der Waals surface area contributed by atoms with Crippen molar-refractivity contribution in [1.82, 2.24) is 0 Å². The van der Waals surface area contributed by atoms with Crippen LogP contribution in [0.1, 0.15) is 47.8 Å². The van der Waals surface area contributed by atoms with Gasteiger partial charge in [-0.25, -0.2) is 4.79 Å². The summed E-state index contributed by atoms with van der Waals surface area (Å²) < 4.78 is 11.3. The average molecular weight is 544 g/mol. The number of rotatable bonds is 5. The molecule has 0 fully saturated rings. The fourth-order valence-corrected chi connectivity index (χ4v) is 4.98. The van der Waals surface area contributed by atoms with E-state index in [1.165, 1.54) is 24.3 Å². The van der Waals surface area contributed by atoms with Gasteiger partial charge >= 0.3 is 5.97 Å². The molecule has 0 aliphatic heterocycles. The van der Waals surface area contributed by atoms with E-state index in [0.717, 1.165) is 0 Å². The Morgan fingerprint density at radius 1 is 0.756 bits per heavy atom. The van der Waals surface area contributed by atoms with Crippen LogP contribution in [0, 0.1) is 6.92 Å². The van der Waals surface area contributed by atoms with Gasteiger partial charge in [-0.3, -0.25) is 19.2 Å². The number of para-hydroxylation sites is 1. The number of carbonyl (C=O) groups excluding carboxylic acids is 4. The summed E-state index contributed by atoms with van der Waals surface area (Å²) in [7, 11) is 0. The van der Waals surface area contributed by atoms with Gasteiger partial charge in [0.05, 0.1) is 16.6 Å². The van der Waals surface area contributed by atoms with Gasteiger partial charge in [-0.2, -0.15) is 0 Å². The first-order chi connectivity index (χ1) is 19.8. The van der Waals surface area contributed by atoms with Crippen molar-refractivity contribution < 1.29 is 28.3 Å². The van der Waals surface area contributed by atoms with Crippen LogP contribution in [0.5, 0.6) is 0 Å². The molecule has 1 heterocycles. The van der Waals surface area contributed by atoms with Gasteiger partial charge in [-0.1, -0.05) is 72.8 Å². The largest absolute Gasteiger partial charge is 0.455 e. The normalized spacial score (nSPS) is 12.0. The molecule has 1 aromatic heterocycles. The lowest BCUT2D eigenvalue weighted by atomic mass is 9.83. The maximum absolute atomic E-state index is 13.2. The number of carbonyl (C=O) groups is 4. The van der Waals surface area contributed by atoms with E-state index in [9.17, 15) is 24.0 Å². The van der Waals surface area contributed by atoms with Gasteiger partial charge in [-0.05, 0) is 25.1 Å². The topological polar surface area (TPSA) is 120 Å². The number of fused-ring (bicyclic) bond motifs is 3. The first-order valence-corrected chi connectivity index (χ1v) is 12.8. The molecule has 1 amide bonds. The Balaban J connectivity index is 1.25. The quantitative estimate of drug-likeness (QED) is 0.292. The van der Waals surface area contributed by atoms with Crippen molar-refractivity contribution in [2.24, 2.45) is 0 Å². The molecule has 0 saturated carbocycles. The zero-order chi connectivity index (χ0) is 28.7. The summed E-state index contributed by atoms with van der Waals surface area (Å²) in [5.74, 6) is -1.96. The second-order valence-corrected chi connectivity index (χ2v) is 9.49. The van der Waals surface area contributed by atoms with E-state index >= 15 is 0 Å². The molecule has 0 atom stereocenters. The van der Waals surface area contributed by atoms with Gasteiger partial charge in [0, 0.05) is 27.8 Å². The molecule has 6 rings (SSSR count). The minimum Gasteiger partial charge on any atom is -0.455 e. The number of amides is 1. The highest BCUT2D eigenvalue weighted by Crippen LogP contribution is 2.32. The zero-order valence-corrected chi connectivity index (χ0v) is 21.7. The van der Waals surface area contributed by atoms with Crippen LogP contribution in [0.25, 0.3) is 22.3 Å². The van der Waals surface area contributed by atoms with Crippen LogP contribution in [0.3, 0.4) is 0 Å². The molecule has 200 valence electrons. The molecule has 0 radical (unpaired) electrons. The molecule has 41 heavy (non-hydrogen) atoms. The Hall–Kier alpha value is -5.63. The molecule has 0 bridgehead atoms. The van der Waals surface area contributed by atoms with Crippen molar-refractivity contribution in [3.8, 4) is 11.3 Å². The zero-order valence-electron chi connectivity index (χ0n) is 21.7. The third-order valence-electron chi connectivity index (χ3n) is 6.96. The SMILES string of the molecule is Cc1c(-c2ccccc2)oc2c(C(=O)OCC(=O)Nc3cccc4c3C(=O)c3ccccc3C4=O)cccc2c1=O. The summed E-state index contributed by atoms with van der Waals surface area (Å²) >= 11 is 0. The molecule has 0 saturated heterocycles. The van der Waals surface area contributed by atoms with Gasteiger partial charge in [-0.15, -0.1) is 0 Å². The van der Waals surface area contributed by atoms with Crippen molar-refractivity contribution in [2.75, 3.05) is 11.9 Å². The van der Waals surface area contributed by atoms with Crippen LogP contribution in [-0.2, 0) is 9.53 Å². The van der Waals surface area contributed by atoms with Crippen LogP contribution < -0.4 is 10.7 Å².